The van der Waals surface area contributed by atoms with Crippen molar-refractivity contribution in [1.82, 2.24) is 0 Å². The first kappa shape index (κ1) is 14.9. The first-order valence-corrected chi connectivity index (χ1v) is 6.94. The van der Waals surface area contributed by atoms with Gasteiger partial charge in [0.1, 0.15) is 0 Å². The van der Waals surface area contributed by atoms with Crippen LogP contribution in [0.1, 0.15) is 56.3 Å². The van der Waals surface area contributed by atoms with Gasteiger partial charge in [0.25, 0.3) is 0 Å². The summed E-state index contributed by atoms with van der Waals surface area (Å²) in [5.41, 5.74) is 0.692. The number of rotatable bonds is 8. The Balaban J connectivity index is 2.43. The van der Waals surface area contributed by atoms with E-state index in [2.05, 4.69) is 6.92 Å². The molecule has 0 spiro atoms. The molecule has 0 aromatic heterocycles. The second-order valence-corrected chi connectivity index (χ2v) is 4.94. The van der Waals surface area contributed by atoms with E-state index >= 15 is 0 Å². The molecule has 0 amide bonds. The third kappa shape index (κ3) is 4.61. The molecule has 0 aliphatic rings. The predicted octanol–water partition coefficient (Wildman–Crippen LogP) is 3.84. The molecule has 0 saturated carbocycles. The molecular formula is C16H24O2. The smallest absolute Gasteiger partial charge is 0.168 e. The van der Waals surface area contributed by atoms with Crippen LogP contribution in [0.25, 0.3) is 0 Å². The van der Waals surface area contributed by atoms with Gasteiger partial charge in [0.2, 0.25) is 0 Å². The van der Waals surface area contributed by atoms with Crippen molar-refractivity contribution in [3.8, 4) is 0 Å². The quantitative estimate of drug-likeness (QED) is 0.560. The zero-order valence-corrected chi connectivity index (χ0v) is 11.4. The van der Waals surface area contributed by atoms with Crippen LogP contribution < -0.4 is 0 Å². The van der Waals surface area contributed by atoms with Crippen LogP contribution in [0.3, 0.4) is 0 Å². The van der Waals surface area contributed by atoms with Gasteiger partial charge in [-0.2, -0.15) is 0 Å². The Bertz CT molecular complexity index is 345. The summed E-state index contributed by atoms with van der Waals surface area (Å²) in [5.74, 6) is -0.271. The van der Waals surface area contributed by atoms with Crippen molar-refractivity contribution in [2.45, 2.75) is 52.1 Å². The van der Waals surface area contributed by atoms with E-state index in [1.807, 2.05) is 37.3 Å². The van der Waals surface area contributed by atoms with Gasteiger partial charge in [-0.1, -0.05) is 69.9 Å². The lowest BCUT2D eigenvalue weighted by atomic mass is 9.91. The molecule has 0 radical (unpaired) electrons. The monoisotopic (exact) mass is 248 g/mol. The van der Waals surface area contributed by atoms with Crippen molar-refractivity contribution < 1.29 is 9.90 Å². The lowest BCUT2D eigenvalue weighted by molar-refractivity contribution is 0.0683. The minimum atomic E-state index is -0.519. The summed E-state index contributed by atoms with van der Waals surface area (Å²) in [4.78, 5) is 12.1. The Hall–Kier alpha value is -1.15. The van der Waals surface area contributed by atoms with E-state index in [9.17, 15) is 9.90 Å². The van der Waals surface area contributed by atoms with Crippen molar-refractivity contribution in [3.05, 3.63) is 35.9 Å². The average Bonchev–Trinajstić information content (AvgIpc) is 2.42. The molecule has 0 bridgehead atoms. The molecule has 0 aliphatic heterocycles. The van der Waals surface area contributed by atoms with Crippen LogP contribution in [-0.2, 0) is 0 Å². The lowest BCUT2D eigenvalue weighted by Gasteiger charge is -2.17. The van der Waals surface area contributed by atoms with E-state index in [0.29, 0.717) is 5.56 Å². The summed E-state index contributed by atoms with van der Waals surface area (Å²) >= 11 is 0. The van der Waals surface area contributed by atoms with E-state index < -0.39 is 6.10 Å². The molecule has 0 saturated heterocycles. The Morgan fingerprint density at radius 3 is 2.44 bits per heavy atom. The molecule has 0 unspecified atom stereocenters. The summed E-state index contributed by atoms with van der Waals surface area (Å²) in [6, 6.07) is 9.22. The fourth-order valence-corrected chi connectivity index (χ4v) is 2.07. The van der Waals surface area contributed by atoms with Gasteiger partial charge in [-0.05, 0) is 6.42 Å². The molecule has 0 heterocycles. The number of hydrogen-bond donors (Lipinski definition) is 1. The number of hydrogen-bond acceptors (Lipinski definition) is 2. The third-order valence-electron chi connectivity index (χ3n) is 3.40. The third-order valence-corrected chi connectivity index (χ3v) is 3.40. The molecule has 2 atom stereocenters. The molecule has 1 aromatic carbocycles. The van der Waals surface area contributed by atoms with E-state index in [-0.39, 0.29) is 11.7 Å². The summed E-state index contributed by atoms with van der Waals surface area (Å²) < 4.78 is 0. The normalized spacial score (nSPS) is 14.2. The highest BCUT2D eigenvalue weighted by molar-refractivity contribution is 5.97. The van der Waals surface area contributed by atoms with Gasteiger partial charge >= 0.3 is 0 Å². The number of Topliss-reactive ketones (excluding diaryl/α,β-unsaturated/α-hetero) is 1. The second-order valence-electron chi connectivity index (χ2n) is 4.94. The topological polar surface area (TPSA) is 37.3 Å². The van der Waals surface area contributed by atoms with E-state index in [0.717, 1.165) is 19.3 Å². The number of aliphatic hydroxyl groups is 1. The highest BCUT2D eigenvalue weighted by atomic mass is 16.3. The van der Waals surface area contributed by atoms with Crippen molar-refractivity contribution in [3.63, 3.8) is 0 Å². The Morgan fingerprint density at radius 1 is 1.17 bits per heavy atom. The number of unbranched alkanes of at least 4 members (excludes halogenated alkanes) is 3. The van der Waals surface area contributed by atoms with Crippen molar-refractivity contribution in [2.75, 3.05) is 0 Å². The molecule has 1 rings (SSSR count). The standard InChI is InChI=1S/C16H24O2/c1-3-4-5-9-12-15(17)13(2)16(18)14-10-7-6-8-11-14/h6-8,10-11,13,15,17H,3-5,9,12H2,1-2H3/t13-,15+/m1/s1. The van der Waals surface area contributed by atoms with E-state index in [1.165, 1.54) is 12.8 Å². The molecule has 2 nitrogen and oxygen atoms in total. The van der Waals surface area contributed by atoms with Gasteiger partial charge in [-0.3, -0.25) is 4.79 Å². The minimum absolute atomic E-state index is 0.0404. The molecule has 2 heteroatoms. The molecule has 1 N–H and O–H groups in total. The molecule has 18 heavy (non-hydrogen) atoms. The zero-order valence-electron chi connectivity index (χ0n) is 11.4. The first-order valence-electron chi connectivity index (χ1n) is 6.94. The summed E-state index contributed by atoms with van der Waals surface area (Å²) in [7, 11) is 0. The van der Waals surface area contributed by atoms with Gasteiger partial charge < -0.3 is 5.11 Å². The number of benzene rings is 1. The Kier molecular flexibility index (Phi) is 6.66. The maximum atomic E-state index is 12.1. The second kappa shape index (κ2) is 8.04. The summed E-state index contributed by atoms with van der Waals surface area (Å²) in [6.45, 7) is 3.98. The maximum Gasteiger partial charge on any atom is 0.168 e. The average molecular weight is 248 g/mol. The SMILES string of the molecule is CCCCCC[C@H](O)[C@@H](C)C(=O)c1ccccc1. The molecule has 0 fully saturated rings. The van der Waals surface area contributed by atoms with Crippen molar-refractivity contribution >= 4 is 5.78 Å². The van der Waals surface area contributed by atoms with Crippen LogP contribution in [0.4, 0.5) is 0 Å². The molecular weight excluding hydrogens is 224 g/mol. The van der Waals surface area contributed by atoms with E-state index in [4.69, 9.17) is 0 Å². The zero-order chi connectivity index (χ0) is 13.4. The predicted molar refractivity (Wildman–Crippen MR) is 74.7 cm³/mol. The van der Waals surface area contributed by atoms with Gasteiger partial charge in [-0.25, -0.2) is 0 Å². The first-order chi connectivity index (χ1) is 8.66. The minimum Gasteiger partial charge on any atom is -0.392 e. The fourth-order valence-electron chi connectivity index (χ4n) is 2.07. The number of carbonyl (C=O) groups is 1. The largest absolute Gasteiger partial charge is 0.392 e. The van der Waals surface area contributed by atoms with E-state index in [1.54, 1.807) is 0 Å². The Morgan fingerprint density at radius 2 is 1.83 bits per heavy atom. The number of ketones is 1. The number of aliphatic hydroxyl groups excluding tert-OH is 1. The molecule has 1 aromatic rings. The highest BCUT2D eigenvalue weighted by Crippen LogP contribution is 2.17. The van der Waals surface area contributed by atoms with Crippen molar-refractivity contribution in [1.29, 1.82) is 0 Å². The highest BCUT2D eigenvalue weighted by Gasteiger charge is 2.22. The lowest BCUT2D eigenvalue weighted by Crippen LogP contribution is -2.25. The number of carbonyl (C=O) groups excluding carboxylic acids is 1. The summed E-state index contributed by atoms with van der Waals surface area (Å²) in [6.07, 6.45) is 4.73. The maximum absolute atomic E-state index is 12.1. The van der Waals surface area contributed by atoms with Crippen LogP contribution in [0.2, 0.25) is 0 Å². The van der Waals surface area contributed by atoms with Crippen molar-refractivity contribution in [2.24, 2.45) is 5.92 Å². The van der Waals surface area contributed by atoms with Gasteiger partial charge in [0.05, 0.1) is 6.10 Å². The van der Waals surface area contributed by atoms with Gasteiger partial charge in [0, 0.05) is 11.5 Å². The van der Waals surface area contributed by atoms with Gasteiger partial charge in [0.15, 0.2) is 5.78 Å². The van der Waals surface area contributed by atoms with Crippen LogP contribution in [0, 0.1) is 5.92 Å². The van der Waals surface area contributed by atoms with Crippen LogP contribution in [-0.4, -0.2) is 17.0 Å². The summed E-state index contributed by atoms with van der Waals surface area (Å²) in [5, 5.41) is 10.0. The van der Waals surface area contributed by atoms with Crippen LogP contribution in [0.15, 0.2) is 30.3 Å². The fraction of sp³-hybridized carbons (Fsp3) is 0.562. The molecule has 100 valence electrons. The van der Waals surface area contributed by atoms with Crippen LogP contribution in [0.5, 0.6) is 0 Å². The van der Waals surface area contributed by atoms with Gasteiger partial charge in [-0.15, -0.1) is 0 Å². The van der Waals surface area contributed by atoms with Crippen LogP contribution >= 0.6 is 0 Å². The Labute approximate surface area is 110 Å². The molecule has 0 aliphatic carbocycles.